The maximum absolute atomic E-state index is 2.25. The smallest absolute Gasteiger partial charge is 0.0216 e. The van der Waals surface area contributed by atoms with E-state index in [2.05, 4.69) is 128 Å². The molecule has 0 saturated heterocycles. The summed E-state index contributed by atoms with van der Waals surface area (Å²) in [5.74, 6) is 1.31. The Bertz CT molecular complexity index is 844. The molecule has 3 aromatic carbocycles. The van der Waals surface area contributed by atoms with Crippen LogP contribution in [0.5, 0.6) is 0 Å². The van der Waals surface area contributed by atoms with E-state index in [9.17, 15) is 0 Å². The van der Waals surface area contributed by atoms with Crippen LogP contribution in [-0.4, -0.2) is 0 Å². The van der Waals surface area contributed by atoms with E-state index in [4.69, 9.17) is 0 Å². The van der Waals surface area contributed by atoms with E-state index in [0.717, 1.165) is 19.3 Å². The summed E-state index contributed by atoms with van der Waals surface area (Å²) >= 11 is 0. The van der Waals surface area contributed by atoms with Crippen LogP contribution < -0.4 is 0 Å². The van der Waals surface area contributed by atoms with E-state index in [0.29, 0.717) is 11.8 Å². The van der Waals surface area contributed by atoms with Crippen LogP contribution >= 0.6 is 0 Å². The fourth-order valence-corrected chi connectivity index (χ4v) is 3.79. The van der Waals surface area contributed by atoms with Crippen molar-refractivity contribution in [3.63, 3.8) is 0 Å². The highest BCUT2D eigenvalue weighted by Gasteiger charge is 2.02. The van der Waals surface area contributed by atoms with Gasteiger partial charge in [-0.25, -0.2) is 0 Å². The van der Waals surface area contributed by atoms with Gasteiger partial charge in [-0.3, -0.25) is 0 Å². The molecule has 3 rings (SSSR count). The molecule has 0 heterocycles. The average molecular weight is 553 g/mol. The van der Waals surface area contributed by atoms with Gasteiger partial charge in [0.05, 0.1) is 0 Å². The molecule has 0 aliphatic carbocycles. The summed E-state index contributed by atoms with van der Waals surface area (Å²) in [6, 6.07) is 26.5. The van der Waals surface area contributed by atoms with Crippen molar-refractivity contribution in [2.45, 2.75) is 149 Å². The largest absolute Gasteiger partial charge is 0.0776 e. The van der Waals surface area contributed by atoms with Gasteiger partial charge in [-0.05, 0) is 70.9 Å². The monoisotopic (exact) mass is 553 g/mol. The first-order valence-electron chi connectivity index (χ1n) is 15.1. The van der Waals surface area contributed by atoms with E-state index >= 15 is 0 Å². The van der Waals surface area contributed by atoms with Crippen molar-refractivity contribution < 1.29 is 0 Å². The molecule has 0 aliphatic rings. The lowest BCUT2D eigenvalue weighted by molar-refractivity contribution is 0.844. The molecule has 0 atom stereocenters. The van der Waals surface area contributed by atoms with E-state index in [1.807, 2.05) is 27.7 Å². The molecule has 0 unspecified atom stereocenters. The molecule has 0 bridgehead atoms. The zero-order valence-corrected chi connectivity index (χ0v) is 26.6. The van der Waals surface area contributed by atoms with Gasteiger partial charge in [0.1, 0.15) is 0 Å². The van der Waals surface area contributed by atoms with Crippen molar-refractivity contribution >= 4 is 0 Å². The minimum absolute atomic E-state index is 0. The third-order valence-corrected chi connectivity index (χ3v) is 6.08. The van der Waals surface area contributed by atoms with Gasteiger partial charge in [-0.15, -0.1) is 0 Å². The minimum atomic E-state index is 0. The molecule has 0 heteroatoms. The summed E-state index contributed by atoms with van der Waals surface area (Å²) in [5.41, 5.74) is 8.74. The van der Waals surface area contributed by atoms with Crippen LogP contribution in [-0.2, 0) is 25.7 Å². The first kappa shape index (κ1) is 47.4. The Morgan fingerprint density at radius 2 is 0.875 bits per heavy atom. The summed E-state index contributed by atoms with van der Waals surface area (Å²) in [5, 5.41) is 0. The number of rotatable bonds is 7. The highest BCUT2D eigenvalue weighted by molar-refractivity contribution is 5.29. The predicted octanol–water partition coefficient (Wildman–Crippen LogP) is 13.9. The highest BCUT2D eigenvalue weighted by atomic mass is 14.1. The summed E-state index contributed by atoms with van der Waals surface area (Å²) < 4.78 is 0. The SMILES string of the molecule is C.C.C.CC.CC.CCCc1ccc(C(C)C)cc1.CCc1ccc(CC)cc1.CCc1ccccc1C(C)C. The molecule has 0 spiro atoms. The Morgan fingerprint density at radius 3 is 1.18 bits per heavy atom. The predicted molar refractivity (Wildman–Crippen MR) is 193 cm³/mol. The van der Waals surface area contributed by atoms with Crippen LogP contribution in [0.3, 0.4) is 0 Å². The normalized spacial score (nSPS) is 8.85. The van der Waals surface area contributed by atoms with Crippen LogP contribution in [0.1, 0.15) is 157 Å². The second-order valence-corrected chi connectivity index (χ2v) is 9.38. The van der Waals surface area contributed by atoms with Crippen LogP contribution in [0.4, 0.5) is 0 Å². The van der Waals surface area contributed by atoms with Crippen molar-refractivity contribution in [3.8, 4) is 0 Å². The molecule has 0 amide bonds. The highest BCUT2D eigenvalue weighted by Crippen LogP contribution is 2.19. The lowest BCUT2D eigenvalue weighted by atomic mass is 9.96. The standard InChI is InChI=1S/C12H18.C11H16.C10H14.2C2H6.3CH4/c1-4-5-11-6-8-12(9-7-11)10(2)3;1-4-10-7-5-6-8-11(10)9(2)3;1-3-9-5-7-10(4-2)8-6-9;2*1-2;;;/h6-10H,4-5H2,1-3H3;5-9H,4H2,1-3H3;5-8H,3-4H2,1-2H3;2*1-2H3;3*1H4. The van der Waals surface area contributed by atoms with Crippen LogP contribution in [0.25, 0.3) is 0 Å². The second-order valence-electron chi connectivity index (χ2n) is 9.38. The van der Waals surface area contributed by atoms with Gasteiger partial charge < -0.3 is 0 Å². The molecular weight excluding hydrogens is 480 g/mol. The molecule has 0 fully saturated rings. The zero-order valence-electron chi connectivity index (χ0n) is 26.6. The number of benzene rings is 3. The van der Waals surface area contributed by atoms with Crippen LogP contribution in [0.2, 0.25) is 0 Å². The average Bonchev–Trinajstić information content (AvgIpc) is 2.96. The Balaban J connectivity index is -0.000000139. The number of hydrogen-bond acceptors (Lipinski definition) is 0. The van der Waals surface area contributed by atoms with E-state index in [1.54, 1.807) is 0 Å². The summed E-state index contributed by atoms with van der Waals surface area (Å²) in [4.78, 5) is 0. The van der Waals surface area contributed by atoms with Crippen molar-refractivity contribution in [1.29, 1.82) is 0 Å². The lowest BCUT2D eigenvalue weighted by Gasteiger charge is -2.09. The van der Waals surface area contributed by atoms with Gasteiger partial charge in [0.15, 0.2) is 0 Å². The van der Waals surface area contributed by atoms with Gasteiger partial charge >= 0.3 is 0 Å². The Morgan fingerprint density at radius 1 is 0.475 bits per heavy atom. The van der Waals surface area contributed by atoms with Crippen molar-refractivity contribution in [2.24, 2.45) is 0 Å². The van der Waals surface area contributed by atoms with Gasteiger partial charge in [0.2, 0.25) is 0 Å². The summed E-state index contributed by atoms with van der Waals surface area (Å²) in [7, 11) is 0. The lowest BCUT2D eigenvalue weighted by Crippen LogP contribution is -1.93. The zero-order chi connectivity index (χ0) is 28.6. The van der Waals surface area contributed by atoms with Gasteiger partial charge in [-0.1, -0.05) is 185 Å². The summed E-state index contributed by atoms with van der Waals surface area (Å²) in [6.07, 6.45) is 5.88. The van der Waals surface area contributed by atoms with Crippen molar-refractivity contribution in [2.75, 3.05) is 0 Å². The second kappa shape index (κ2) is 31.2. The molecule has 3 aromatic rings. The third kappa shape index (κ3) is 20.5. The first-order valence-corrected chi connectivity index (χ1v) is 15.1. The van der Waals surface area contributed by atoms with Gasteiger partial charge in [-0.2, -0.15) is 0 Å². The molecule has 0 saturated carbocycles. The van der Waals surface area contributed by atoms with E-state index in [-0.39, 0.29) is 22.3 Å². The van der Waals surface area contributed by atoms with Crippen molar-refractivity contribution in [3.05, 3.63) is 106 Å². The molecular formula is C40H72. The quantitative estimate of drug-likeness (QED) is 0.273. The van der Waals surface area contributed by atoms with Gasteiger partial charge in [0, 0.05) is 0 Å². The van der Waals surface area contributed by atoms with Gasteiger partial charge in [0.25, 0.3) is 0 Å². The molecule has 0 aromatic heterocycles. The molecule has 0 radical (unpaired) electrons. The third-order valence-electron chi connectivity index (χ3n) is 6.08. The maximum Gasteiger partial charge on any atom is -0.0216 e. The maximum atomic E-state index is 2.25. The van der Waals surface area contributed by atoms with Crippen LogP contribution in [0, 0.1) is 0 Å². The molecule has 40 heavy (non-hydrogen) atoms. The molecule has 0 N–H and O–H groups in total. The van der Waals surface area contributed by atoms with Crippen molar-refractivity contribution in [1.82, 2.24) is 0 Å². The van der Waals surface area contributed by atoms with Crippen LogP contribution in [0.15, 0.2) is 72.8 Å². The van der Waals surface area contributed by atoms with E-state index in [1.165, 1.54) is 46.2 Å². The minimum Gasteiger partial charge on any atom is -0.0776 e. The molecule has 0 nitrogen and oxygen atoms in total. The topological polar surface area (TPSA) is 0 Å². The molecule has 0 aliphatic heterocycles. The number of hydrogen-bond donors (Lipinski definition) is 0. The molecule has 232 valence electrons. The summed E-state index contributed by atoms with van der Waals surface area (Å²) in [6.45, 7) is 25.7. The Labute approximate surface area is 255 Å². The number of aryl methyl sites for hydroxylation is 4. The Hall–Kier alpha value is -2.34. The van der Waals surface area contributed by atoms with E-state index < -0.39 is 0 Å². The fourth-order valence-electron chi connectivity index (χ4n) is 3.79. The first-order chi connectivity index (χ1) is 17.9. The fraction of sp³-hybridized carbons (Fsp3) is 0.550. The Kier molecular flexibility index (Phi) is 37.0.